The van der Waals surface area contributed by atoms with Gasteiger partial charge in [-0.2, -0.15) is 0 Å². The summed E-state index contributed by atoms with van der Waals surface area (Å²) in [5, 5.41) is 6.97. The van der Waals surface area contributed by atoms with Crippen molar-refractivity contribution in [3.8, 4) is 5.75 Å². The molecule has 1 heterocycles. The lowest BCUT2D eigenvalue weighted by Gasteiger charge is -2.35. The van der Waals surface area contributed by atoms with Gasteiger partial charge in [0.15, 0.2) is 5.96 Å². The number of methoxy groups -OCH3 is 1. The molecule has 0 radical (unpaired) electrons. The zero-order chi connectivity index (χ0) is 22.8. The van der Waals surface area contributed by atoms with E-state index in [2.05, 4.69) is 75.9 Å². The van der Waals surface area contributed by atoms with Crippen molar-refractivity contribution in [2.75, 3.05) is 72.5 Å². The average molecular weight is 568 g/mol. The second-order valence-corrected chi connectivity index (χ2v) is 8.13. The fourth-order valence-electron chi connectivity index (χ4n) is 3.87. The Morgan fingerprint density at radius 3 is 2.30 bits per heavy atom. The van der Waals surface area contributed by atoms with Crippen LogP contribution in [-0.2, 0) is 11.2 Å². The van der Waals surface area contributed by atoms with Crippen molar-refractivity contribution < 1.29 is 9.47 Å². The molecule has 2 N–H and O–H groups in total. The normalized spacial score (nSPS) is 15.3. The number of halogens is 1. The van der Waals surface area contributed by atoms with Gasteiger partial charge in [-0.05, 0) is 41.8 Å². The summed E-state index contributed by atoms with van der Waals surface area (Å²) in [6, 6.07) is 17.3. The highest BCUT2D eigenvalue weighted by Gasteiger charge is 2.23. The summed E-state index contributed by atoms with van der Waals surface area (Å²) < 4.78 is 10.9. The molecule has 1 aliphatic heterocycles. The van der Waals surface area contributed by atoms with Crippen molar-refractivity contribution in [1.29, 1.82) is 0 Å². The van der Waals surface area contributed by atoms with Crippen molar-refractivity contribution >= 4 is 35.6 Å². The van der Waals surface area contributed by atoms with E-state index in [4.69, 9.17) is 9.47 Å². The highest BCUT2D eigenvalue weighted by molar-refractivity contribution is 14.0. The number of ether oxygens (including phenoxy) is 2. The van der Waals surface area contributed by atoms with E-state index in [1.54, 1.807) is 7.11 Å². The standard InChI is InChI=1S/C25H37N5O2.HI/c1-26-25(27-14-13-20-5-9-22(10-6-20)29(2)3)28-19-24(30-15-17-32-18-16-30)21-7-11-23(31-4)12-8-21;/h5-12,24H,13-19H2,1-4H3,(H2,26,27,28);1H. The number of nitrogens with one attached hydrogen (secondary N) is 2. The van der Waals surface area contributed by atoms with Crippen molar-refractivity contribution in [1.82, 2.24) is 15.5 Å². The smallest absolute Gasteiger partial charge is 0.191 e. The molecule has 182 valence electrons. The van der Waals surface area contributed by atoms with E-state index in [0.717, 1.165) is 57.5 Å². The SMILES string of the molecule is CN=C(NCCc1ccc(N(C)C)cc1)NCC(c1ccc(OC)cc1)N1CCOCC1.I. The number of guanidine groups is 1. The van der Waals surface area contributed by atoms with Gasteiger partial charge in [-0.1, -0.05) is 24.3 Å². The van der Waals surface area contributed by atoms with Crippen LogP contribution >= 0.6 is 24.0 Å². The van der Waals surface area contributed by atoms with E-state index in [-0.39, 0.29) is 30.0 Å². The van der Waals surface area contributed by atoms with Crippen LogP contribution in [0.4, 0.5) is 5.69 Å². The maximum Gasteiger partial charge on any atom is 0.191 e. The first kappa shape index (κ1) is 27.2. The first-order valence-electron chi connectivity index (χ1n) is 11.3. The Labute approximate surface area is 215 Å². The van der Waals surface area contributed by atoms with Gasteiger partial charge in [0.05, 0.1) is 26.4 Å². The molecule has 0 saturated carbocycles. The second-order valence-electron chi connectivity index (χ2n) is 8.13. The van der Waals surface area contributed by atoms with E-state index in [1.807, 2.05) is 19.2 Å². The maximum atomic E-state index is 5.56. The van der Waals surface area contributed by atoms with Crippen LogP contribution in [0.3, 0.4) is 0 Å². The molecule has 1 fully saturated rings. The van der Waals surface area contributed by atoms with Gasteiger partial charge in [0.2, 0.25) is 0 Å². The van der Waals surface area contributed by atoms with Gasteiger partial charge in [0.25, 0.3) is 0 Å². The Morgan fingerprint density at radius 2 is 1.73 bits per heavy atom. The third-order valence-electron chi connectivity index (χ3n) is 5.83. The number of nitrogens with zero attached hydrogens (tertiary/aromatic N) is 3. The van der Waals surface area contributed by atoms with Gasteiger partial charge >= 0.3 is 0 Å². The van der Waals surface area contributed by atoms with Crippen LogP contribution in [0.2, 0.25) is 0 Å². The first-order valence-corrected chi connectivity index (χ1v) is 11.3. The number of morpholine rings is 1. The molecule has 0 amide bonds. The highest BCUT2D eigenvalue weighted by atomic mass is 127. The summed E-state index contributed by atoms with van der Waals surface area (Å²) in [6.45, 7) is 4.98. The Balaban J connectivity index is 0.00000385. The minimum absolute atomic E-state index is 0. The lowest BCUT2D eigenvalue weighted by Crippen LogP contribution is -2.46. The zero-order valence-electron chi connectivity index (χ0n) is 20.2. The van der Waals surface area contributed by atoms with Crippen LogP contribution in [0.5, 0.6) is 5.75 Å². The Bertz CT molecular complexity index is 837. The molecule has 2 aromatic carbocycles. The second kappa shape index (κ2) is 14.3. The summed E-state index contributed by atoms with van der Waals surface area (Å²) in [6.07, 6.45) is 0.944. The largest absolute Gasteiger partial charge is 0.497 e. The molecule has 33 heavy (non-hydrogen) atoms. The number of aliphatic imine (C=N–C) groups is 1. The van der Waals surface area contributed by atoms with E-state index in [0.29, 0.717) is 0 Å². The van der Waals surface area contributed by atoms with E-state index < -0.39 is 0 Å². The lowest BCUT2D eigenvalue weighted by molar-refractivity contribution is 0.0170. The molecule has 0 aliphatic carbocycles. The van der Waals surface area contributed by atoms with Crippen LogP contribution in [0.15, 0.2) is 53.5 Å². The van der Waals surface area contributed by atoms with Crippen LogP contribution in [-0.4, -0.2) is 78.5 Å². The van der Waals surface area contributed by atoms with E-state index in [9.17, 15) is 0 Å². The summed E-state index contributed by atoms with van der Waals surface area (Å²) in [5.74, 6) is 1.69. The van der Waals surface area contributed by atoms with Gasteiger partial charge in [0, 0.05) is 53.0 Å². The molecule has 2 aromatic rings. The monoisotopic (exact) mass is 567 g/mol. The predicted molar refractivity (Wildman–Crippen MR) is 147 cm³/mol. The molecular weight excluding hydrogens is 529 g/mol. The lowest BCUT2D eigenvalue weighted by atomic mass is 10.0. The third-order valence-corrected chi connectivity index (χ3v) is 5.83. The first-order chi connectivity index (χ1) is 15.6. The molecular formula is C25H38IN5O2. The number of hydrogen-bond donors (Lipinski definition) is 2. The zero-order valence-corrected chi connectivity index (χ0v) is 22.5. The van der Waals surface area contributed by atoms with E-state index >= 15 is 0 Å². The number of anilines is 1. The third kappa shape index (κ3) is 8.35. The molecule has 1 saturated heterocycles. The number of benzene rings is 2. The van der Waals surface area contributed by atoms with Crippen molar-refractivity contribution in [2.24, 2.45) is 4.99 Å². The number of hydrogen-bond acceptors (Lipinski definition) is 5. The molecule has 0 aromatic heterocycles. The quantitative estimate of drug-likeness (QED) is 0.276. The maximum absolute atomic E-state index is 5.56. The molecule has 1 unspecified atom stereocenters. The minimum atomic E-state index is 0. The summed E-state index contributed by atoms with van der Waals surface area (Å²) >= 11 is 0. The molecule has 0 bridgehead atoms. The van der Waals surface area contributed by atoms with Crippen molar-refractivity contribution in [3.63, 3.8) is 0 Å². The molecule has 1 aliphatic rings. The van der Waals surface area contributed by atoms with Gasteiger partial charge in [-0.25, -0.2) is 0 Å². The van der Waals surface area contributed by atoms with Gasteiger partial charge in [-0.15, -0.1) is 24.0 Å². The van der Waals surface area contributed by atoms with Crippen molar-refractivity contribution in [2.45, 2.75) is 12.5 Å². The Kier molecular flexibility index (Phi) is 11.8. The molecule has 7 nitrogen and oxygen atoms in total. The molecule has 8 heteroatoms. The topological polar surface area (TPSA) is 61.4 Å². The van der Waals surface area contributed by atoms with E-state index in [1.165, 1.54) is 16.8 Å². The fourth-order valence-corrected chi connectivity index (χ4v) is 3.87. The highest BCUT2D eigenvalue weighted by Crippen LogP contribution is 2.23. The van der Waals surface area contributed by atoms with Gasteiger partial charge in [0.1, 0.15) is 5.75 Å². The minimum Gasteiger partial charge on any atom is -0.497 e. The van der Waals surface area contributed by atoms with Crippen LogP contribution in [0.1, 0.15) is 17.2 Å². The summed E-state index contributed by atoms with van der Waals surface area (Å²) in [7, 11) is 7.63. The van der Waals surface area contributed by atoms with Gasteiger partial charge < -0.3 is 25.0 Å². The Morgan fingerprint density at radius 1 is 1.06 bits per heavy atom. The summed E-state index contributed by atoms with van der Waals surface area (Å²) in [5.41, 5.74) is 3.78. The number of rotatable bonds is 9. The fraction of sp³-hybridized carbons (Fsp3) is 0.480. The molecule has 3 rings (SSSR count). The van der Waals surface area contributed by atoms with Gasteiger partial charge in [-0.3, -0.25) is 9.89 Å². The predicted octanol–water partition coefficient (Wildman–Crippen LogP) is 3.16. The Hall–Kier alpha value is -2.04. The van der Waals surface area contributed by atoms with Crippen LogP contribution in [0, 0.1) is 0 Å². The molecule has 0 spiro atoms. The molecule has 1 atom stereocenters. The van der Waals surface area contributed by atoms with Crippen LogP contribution in [0.25, 0.3) is 0 Å². The summed E-state index contributed by atoms with van der Waals surface area (Å²) in [4.78, 5) is 9.00. The van der Waals surface area contributed by atoms with Crippen LogP contribution < -0.4 is 20.3 Å². The van der Waals surface area contributed by atoms with Crippen molar-refractivity contribution in [3.05, 3.63) is 59.7 Å². The average Bonchev–Trinajstić information content (AvgIpc) is 2.84.